The van der Waals surface area contributed by atoms with Crippen molar-refractivity contribution < 1.29 is 4.74 Å². The molecule has 0 amide bonds. The second-order valence-electron chi connectivity index (χ2n) is 6.79. The van der Waals surface area contributed by atoms with E-state index >= 15 is 0 Å². The molecular formula is C18H26N4O. The van der Waals surface area contributed by atoms with Crippen LogP contribution in [-0.4, -0.2) is 55.3 Å². The largest absolute Gasteiger partial charge is 0.383 e. The van der Waals surface area contributed by atoms with E-state index in [1.807, 2.05) is 19.1 Å². The van der Waals surface area contributed by atoms with E-state index < -0.39 is 0 Å². The van der Waals surface area contributed by atoms with Crippen molar-refractivity contribution in [2.75, 3.05) is 32.2 Å². The van der Waals surface area contributed by atoms with Crippen LogP contribution < -0.4 is 4.90 Å². The van der Waals surface area contributed by atoms with Gasteiger partial charge in [-0.25, -0.2) is 4.98 Å². The summed E-state index contributed by atoms with van der Waals surface area (Å²) in [5.74, 6) is 0.835. The molecule has 0 saturated carbocycles. The molecule has 0 aromatic carbocycles. The number of hydrogen-bond acceptors (Lipinski definition) is 5. The zero-order valence-electron chi connectivity index (χ0n) is 14.3. The number of aryl methyl sites for hydroxylation is 1. The molecule has 2 bridgehead atoms. The number of aromatic nitrogens is 1. The van der Waals surface area contributed by atoms with Crippen LogP contribution in [0.1, 0.15) is 36.9 Å². The van der Waals surface area contributed by atoms with Gasteiger partial charge in [0, 0.05) is 44.5 Å². The first kappa shape index (κ1) is 16.2. The van der Waals surface area contributed by atoms with Crippen LogP contribution in [-0.2, 0) is 4.74 Å². The van der Waals surface area contributed by atoms with Gasteiger partial charge in [0.1, 0.15) is 11.9 Å². The Balaban J connectivity index is 1.75. The Morgan fingerprint density at radius 2 is 2.04 bits per heavy atom. The van der Waals surface area contributed by atoms with Crippen LogP contribution in [0.4, 0.5) is 5.82 Å². The third-order valence-corrected chi connectivity index (χ3v) is 5.43. The van der Waals surface area contributed by atoms with Crippen molar-refractivity contribution in [1.82, 2.24) is 9.88 Å². The lowest BCUT2D eigenvalue weighted by molar-refractivity contribution is 0.0830. The Morgan fingerprint density at radius 3 is 2.65 bits per heavy atom. The third kappa shape index (κ3) is 3.19. The monoisotopic (exact) mass is 314 g/mol. The minimum Gasteiger partial charge on any atom is -0.383 e. The molecule has 124 valence electrons. The number of hydrogen-bond donors (Lipinski definition) is 0. The number of fused-ring (bicyclic) bond motifs is 2. The highest BCUT2D eigenvalue weighted by Gasteiger charge is 2.41. The fourth-order valence-corrected chi connectivity index (χ4v) is 4.20. The Kier molecular flexibility index (Phi) is 4.84. The molecule has 5 nitrogen and oxygen atoms in total. The van der Waals surface area contributed by atoms with Gasteiger partial charge < -0.3 is 9.64 Å². The number of rotatable bonds is 5. The van der Waals surface area contributed by atoms with Crippen LogP contribution in [0.25, 0.3) is 0 Å². The van der Waals surface area contributed by atoms with E-state index in [-0.39, 0.29) is 0 Å². The summed E-state index contributed by atoms with van der Waals surface area (Å²) in [5.41, 5.74) is 1.64. The maximum atomic E-state index is 9.37. The molecule has 1 aromatic rings. The van der Waals surface area contributed by atoms with E-state index in [9.17, 15) is 5.26 Å². The number of methoxy groups -OCH3 is 1. The second kappa shape index (κ2) is 6.86. The highest BCUT2D eigenvalue weighted by molar-refractivity contribution is 5.54. The molecule has 2 aliphatic rings. The Hall–Kier alpha value is -1.64. The topological polar surface area (TPSA) is 52.4 Å². The van der Waals surface area contributed by atoms with Crippen molar-refractivity contribution in [3.05, 3.63) is 23.4 Å². The summed E-state index contributed by atoms with van der Waals surface area (Å²) in [6.45, 7) is 3.83. The number of ether oxygens (including phenoxy) is 1. The van der Waals surface area contributed by atoms with E-state index in [2.05, 4.69) is 27.9 Å². The van der Waals surface area contributed by atoms with Crippen LogP contribution in [0.3, 0.4) is 0 Å². The van der Waals surface area contributed by atoms with Gasteiger partial charge in [-0.05, 0) is 44.7 Å². The molecule has 3 rings (SSSR count). The summed E-state index contributed by atoms with van der Waals surface area (Å²) in [4.78, 5) is 9.50. The zero-order chi connectivity index (χ0) is 16.4. The van der Waals surface area contributed by atoms with E-state index in [4.69, 9.17) is 4.74 Å². The Bertz CT molecular complexity index is 583. The first-order valence-corrected chi connectivity index (χ1v) is 8.49. The summed E-state index contributed by atoms with van der Waals surface area (Å²) >= 11 is 0. The molecule has 2 saturated heterocycles. The number of nitriles is 1. The molecule has 0 aliphatic carbocycles. The lowest BCUT2D eigenvalue weighted by atomic mass is 9.96. The Morgan fingerprint density at radius 1 is 1.35 bits per heavy atom. The van der Waals surface area contributed by atoms with Crippen molar-refractivity contribution in [3.8, 4) is 6.07 Å². The lowest BCUT2D eigenvalue weighted by Gasteiger charge is -2.42. The molecule has 0 N–H and O–H groups in total. The van der Waals surface area contributed by atoms with Gasteiger partial charge in [-0.3, -0.25) is 4.90 Å². The van der Waals surface area contributed by atoms with Crippen molar-refractivity contribution >= 4 is 5.82 Å². The predicted molar refractivity (Wildman–Crippen MR) is 90.5 cm³/mol. The highest BCUT2D eigenvalue weighted by Crippen LogP contribution is 2.38. The van der Waals surface area contributed by atoms with Crippen molar-refractivity contribution in [3.63, 3.8) is 0 Å². The van der Waals surface area contributed by atoms with Crippen LogP contribution in [0, 0.1) is 18.3 Å². The molecule has 0 radical (unpaired) electrons. The molecular weight excluding hydrogens is 288 g/mol. The molecule has 2 aliphatic heterocycles. The summed E-state index contributed by atoms with van der Waals surface area (Å²) < 4.78 is 5.26. The third-order valence-electron chi connectivity index (χ3n) is 5.43. The van der Waals surface area contributed by atoms with Gasteiger partial charge >= 0.3 is 0 Å². The minimum atomic E-state index is 0.465. The van der Waals surface area contributed by atoms with Crippen LogP contribution >= 0.6 is 0 Å². The summed E-state index contributed by atoms with van der Waals surface area (Å²) in [5, 5.41) is 9.37. The predicted octanol–water partition coefficient (Wildman–Crippen LogP) is 2.34. The number of nitrogens with zero attached hydrogens (tertiary/aromatic N) is 4. The lowest BCUT2D eigenvalue weighted by Crippen LogP contribution is -2.50. The molecule has 2 fully saturated rings. The molecule has 2 unspecified atom stereocenters. The van der Waals surface area contributed by atoms with Crippen LogP contribution in [0.15, 0.2) is 12.1 Å². The van der Waals surface area contributed by atoms with Crippen molar-refractivity contribution in [1.29, 1.82) is 5.26 Å². The zero-order valence-corrected chi connectivity index (χ0v) is 14.3. The van der Waals surface area contributed by atoms with Gasteiger partial charge in [-0.15, -0.1) is 0 Å². The van der Waals surface area contributed by atoms with Crippen LogP contribution in [0.5, 0.6) is 0 Å². The van der Waals surface area contributed by atoms with Gasteiger partial charge in [0.05, 0.1) is 12.2 Å². The van der Waals surface area contributed by atoms with E-state index in [1.54, 1.807) is 7.11 Å². The smallest absolute Gasteiger partial charge is 0.146 e. The summed E-state index contributed by atoms with van der Waals surface area (Å²) in [6.07, 6.45) is 4.87. The number of piperidine rings is 1. The van der Waals surface area contributed by atoms with E-state index in [1.165, 1.54) is 12.8 Å². The molecule has 5 heteroatoms. The van der Waals surface area contributed by atoms with Gasteiger partial charge in [0.2, 0.25) is 0 Å². The van der Waals surface area contributed by atoms with Gasteiger partial charge in [0.25, 0.3) is 0 Å². The molecule has 0 spiro atoms. The summed E-state index contributed by atoms with van der Waals surface area (Å²) in [6, 6.07) is 7.84. The maximum absolute atomic E-state index is 9.37. The van der Waals surface area contributed by atoms with E-state index in [0.29, 0.717) is 23.7 Å². The standard InChI is InChI=1S/C18H26N4O/c1-13-4-5-14(12-19)18(20-13)21(2)17-10-15-6-7-16(11-17)22(15)8-9-23-3/h4-5,15-17H,6-11H2,1-3H3. The summed E-state index contributed by atoms with van der Waals surface area (Å²) in [7, 11) is 3.87. The van der Waals surface area contributed by atoms with Crippen molar-refractivity contribution in [2.45, 2.75) is 50.7 Å². The quantitative estimate of drug-likeness (QED) is 0.835. The Labute approximate surface area is 138 Å². The van der Waals surface area contributed by atoms with Gasteiger partial charge in [-0.2, -0.15) is 5.26 Å². The average Bonchev–Trinajstić information content (AvgIpc) is 2.79. The molecule has 3 heterocycles. The van der Waals surface area contributed by atoms with Crippen LogP contribution in [0.2, 0.25) is 0 Å². The molecule has 23 heavy (non-hydrogen) atoms. The fraction of sp³-hybridized carbons (Fsp3) is 0.667. The average molecular weight is 314 g/mol. The van der Waals surface area contributed by atoms with E-state index in [0.717, 1.165) is 37.5 Å². The number of pyridine rings is 1. The molecule has 1 aromatic heterocycles. The fourth-order valence-electron chi connectivity index (χ4n) is 4.20. The maximum Gasteiger partial charge on any atom is 0.146 e. The minimum absolute atomic E-state index is 0.465. The normalized spacial score (nSPS) is 27.0. The SMILES string of the molecule is COCCN1C2CCC1CC(N(C)c1nc(C)ccc1C#N)C2. The first-order chi connectivity index (χ1) is 11.1. The van der Waals surface area contributed by atoms with Crippen molar-refractivity contribution in [2.24, 2.45) is 0 Å². The highest BCUT2D eigenvalue weighted by atomic mass is 16.5. The number of anilines is 1. The van der Waals surface area contributed by atoms with Gasteiger partial charge in [0.15, 0.2) is 0 Å². The first-order valence-electron chi connectivity index (χ1n) is 8.49. The van der Waals surface area contributed by atoms with Gasteiger partial charge in [-0.1, -0.05) is 0 Å². The second-order valence-corrected chi connectivity index (χ2v) is 6.79. The molecule has 2 atom stereocenters.